The lowest BCUT2D eigenvalue weighted by Crippen LogP contribution is -2.35. The summed E-state index contributed by atoms with van der Waals surface area (Å²) < 4.78 is 93.5. The van der Waals surface area contributed by atoms with Crippen molar-refractivity contribution in [2.75, 3.05) is 5.32 Å². The molecule has 0 heterocycles. The van der Waals surface area contributed by atoms with Crippen molar-refractivity contribution < 1.29 is 45.4 Å². The summed E-state index contributed by atoms with van der Waals surface area (Å²) in [7, 11) is 0. The molecule has 0 aromatic heterocycles. The molecule has 36 heavy (non-hydrogen) atoms. The Hall–Kier alpha value is -3.18. The van der Waals surface area contributed by atoms with Gasteiger partial charge in [0.1, 0.15) is 11.2 Å². The molecule has 0 aliphatic heterocycles. The van der Waals surface area contributed by atoms with E-state index in [4.69, 9.17) is 9.47 Å². The summed E-state index contributed by atoms with van der Waals surface area (Å²) in [6, 6.07) is 2.47. The highest BCUT2D eigenvalue weighted by Gasteiger charge is 2.46. The van der Waals surface area contributed by atoms with E-state index in [0.717, 1.165) is 24.3 Å². The monoisotopic (exact) mass is 522 g/mol. The molecular weight excluding hydrogens is 494 g/mol. The summed E-state index contributed by atoms with van der Waals surface area (Å²) in [6.45, 7) is 9.38. The van der Waals surface area contributed by atoms with Gasteiger partial charge in [-0.25, -0.2) is 9.59 Å². The number of carbonyl (C=O) groups is 2. The normalized spacial score (nSPS) is 17.1. The number of rotatable bonds is 3. The zero-order valence-corrected chi connectivity index (χ0v) is 20.6. The molecule has 1 aliphatic rings. The third-order valence-corrected chi connectivity index (χ3v) is 4.60. The van der Waals surface area contributed by atoms with Crippen LogP contribution in [-0.2, 0) is 15.7 Å². The quantitative estimate of drug-likeness (QED) is 0.405. The number of benzene rings is 1. The van der Waals surface area contributed by atoms with E-state index < -0.39 is 64.8 Å². The lowest BCUT2D eigenvalue weighted by Gasteiger charge is -2.29. The molecule has 2 N–H and O–H groups in total. The van der Waals surface area contributed by atoms with E-state index >= 15 is 0 Å². The highest BCUT2D eigenvalue weighted by molar-refractivity contribution is 5.86. The standard InChI is InChI=1S/C24H28F6N2O4/c1-21(2,3)35-19(33)31-13-7-9-15(17(11-13)23(25,26)27)16-10-8-14(12-18(16)24(28,29)30)32-20(34)36-22(4,5)6/h7-11,18H,12H2,1-6H3,(H,31,33)(H,32,34). The van der Waals surface area contributed by atoms with E-state index in [9.17, 15) is 35.9 Å². The summed E-state index contributed by atoms with van der Waals surface area (Å²) in [5.74, 6) is -2.33. The number of alkyl halides is 6. The number of hydrogen-bond acceptors (Lipinski definition) is 4. The first-order chi connectivity index (χ1) is 16.2. The Kier molecular flexibility index (Phi) is 8.12. The molecule has 6 nitrogen and oxygen atoms in total. The molecule has 12 heteroatoms. The third kappa shape index (κ3) is 8.49. The maximum Gasteiger partial charge on any atom is 0.417 e. The summed E-state index contributed by atoms with van der Waals surface area (Å²) in [4.78, 5) is 23.9. The van der Waals surface area contributed by atoms with E-state index in [1.165, 1.54) is 0 Å². The molecule has 0 bridgehead atoms. The van der Waals surface area contributed by atoms with Crippen molar-refractivity contribution in [2.24, 2.45) is 5.92 Å². The molecule has 200 valence electrons. The first kappa shape index (κ1) is 29.1. The predicted molar refractivity (Wildman–Crippen MR) is 121 cm³/mol. The number of hydrogen-bond donors (Lipinski definition) is 2. The molecule has 1 aromatic carbocycles. The van der Waals surface area contributed by atoms with E-state index in [2.05, 4.69) is 10.6 Å². The van der Waals surface area contributed by atoms with Gasteiger partial charge in [0.25, 0.3) is 0 Å². The fourth-order valence-corrected chi connectivity index (χ4v) is 3.33. The number of allylic oxidation sites excluding steroid dienone is 4. The summed E-state index contributed by atoms with van der Waals surface area (Å²) in [6.07, 6.45) is -10.8. The van der Waals surface area contributed by atoms with Gasteiger partial charge in [-0.05, 0) is 70.9 Å². The molecule has 0 radical (unpaired) electrons. The van der Waals surface area contributed by atoms with E-state index in [0.29, 0.717) is 6.07 Å². The number of amides is 2. The molecule has 1 atom stereocenters. The second kappa shape index (κ2) is 10.1. The van der Waals surface area contributed by atoms with Gasteiger partial charge >= 0.3 is 24.5 Å². The highest BCUT2D eigenvalue weighted by Crippen LogP contribution is 2.46. The van der Waals surface area contributed by atoms with Crippen LogP contribution in [0.5, 0.6) is 0 Å². The predicted octanol–water partition coefficient (Wildman–Crippen LogP) is 7.43. The van der Waals surface area contributed by atoms with Gasteiger partial charge in [0.2, 0.25) is 0 Å². The van der Waals surface area contributed by atoms with E-state index in [-0.39, 0.29) is 11.4 Å². The van der Waals surface area contributed by atoms with Crippen LogP contribution in [0.1, 0.15) is 59.1 Å². The minimum atomic E-state index is -5.03. The molecule has 0 fully saturated rings. The second-order valence-corrected chi connectivity index (χ2v) is 10.1. The maximum absolute atomic E-state index is 13.9. The lowest BCUT2D eigenvalue weighted by molar-refractivity contribution is -0.158. The van der Waals surface area contributed by atoms with Crippen LogP contribution in [0.15, 0.2) is 36.0 Å². The van der Waals surface area contributed by atoms with Crippen molar-refractivity contribution in [1.82, 2.24) is 5.32 Å². The third-order valence-electron chi connectivity index (χ3n) is 4.60. The summed E-state index contributed by atoms with van der Waals surface area (Å²) >= 11 is 0. The fraction of sp³-hybridized carbons (Fsp3) is 0.500. The highest BCUT2D eigenvalue weighted by atomic mass is 19.4. The number of carbonyl (C=O) groups excluding carboxylic acids is 2. The number of anilines is 1. The van der Waals surface area contributed by atoms with Crippen molar-refractivity contribution >= 4 is 23.4 Å². The topological polar surface area (TPSA) is 76.7 Å². The Morgan fingerprint density at radius 3 is 1.83 bits per heavy atom. The Balaban J connectivity index is 2.47. The largest absolute Gasteiger partial charge is 0.444 e. The van der Waals surface area contributed by atoms with Crippen LogP contribution >= 0.6 is 0 Å². The average molecular weight is 522 g/mol. The first-order valence-electron chi connectivity index (χ1n) is 10.8. The van der Waals surface area contributed by atoms with E-state index in [1.807, 2.05) is 0 Å². The van der Waals surface area contributed by atoms with Crippen LogP contribution in [0.3, 0.4) is 0 Å². The Morgan fingerprint density at radius 1 is 0.833 bits per heavy atom. The van der Waals surface area contributed by atoms with Crippen LogP contribution in [0.2, 0.25) is 0 Å². The van der Waals surface area contributed by atoms with Crippen LogP contribution in [0, 0.1) is 5.92 Å². The van der Waals surface area contributed by atoms with Crippen LogP contribution in [-0.4, -0.2) is 29.6 Å². The number of ether oxygens (including phenoxy) is 2. The minimum absolute atomic E-state index is 0.160. The zero-order valence-electron chi connectivity index (χ0n) is 20.6. The van der Waals surface area contributed by atoms with Gasteiger partial charge < -0.3 is 9.47 Å². The molecule has 2 rings (SSSR count). The average Bonchev–Trinajstić information content (AvgIpc) is 2.63. The van der Waals surface area contributed by atoms with Crippen LogP contribution in [0.25, 0.3) is 5.57 Å². The van der Waals surface area contributed by atoms with Gasteiger partial charge in [-0.3, -0.25) is 10.6 Å². The summed E-state index contributed by atoms with van der Waals surface area (Å²) in [5, 5.41) is 4.37. The van der Waals surface area contributed by atoms with Gasteiger partial charge in [-0.2, -0.15) is 26.3 Å². The Bertz CT molecular complexity index is 1060. The van der Waals surface area contributed by atoms with Crippen molar-refractivity contribution in [3.05, 3.63) is 47.2 Å². The van der Waals surface area contributed by atoms with Crippen molar-refractivity contribution in [2.45, 2.75) is 71.5 Å². The number of halogens is 6. The minimum Gasteiger partial charge on any atom is -0.444 e. The maximum atomic E-state index is 13.9. The van der Waals surface area contributed by atoms with Gasteiger partial charge in [-0.1, -0.05) is 12.1 Å². The molecule has 1 aliphatic carbocycles. The second-order valence-electron chi connectivity index (χ2n) is 10.1. The zero-order chi connectivity index (χ0) is 27.7. The van der Waals surface area contributed by atoms with Crippen molar-refractivity contribution in [3.63, 3.8) is 0 Å². The smallest absolute Gasteiger partial charge is 0.417 e. The molecule has 2 amide bonds. The van der Waals surface area contributed by atoms with Gasteiger partial charge in [-0.15, -0.1) is 0 Å². The van der Waals surface area contributed by atoms with Gasteiger partial charge in [0, 0.05) is 17.8 Å². The Labute approximate surface area is 204 Å². The molecular formula is C24H28F6N2O4. The van der Waals surface area contributed by atoms with Crippen LogP contribution in [0.4, 0.5) is 41.6 Å². The van der Waals surface area contributed by atoms with Gasteiger partial charge in [0.15, 0.2) is 0 Å². The molecule has 0 saturated carbocycles. The molecule has 1 unspecified atom stereocenters. The summed E-state index contributed by atoms with van der Waals surface area (Å²) in [5.41, 5.74) is -4.98. The number of nitrogens with one attached hydrogen (secondary N) is 2. The molecule has 0 saturated heterocycles. The Morgan fingerprint density at radius 2 is 1.36 bits per heavy atom. The SMILES string of the molecule is CC(C)(C)OC(=O)NC1=CC=C(c2ccc(NC(=O)OC(C)(C)C)cc2C(F)(F)F)C(C(F)(F)F)C1. The number of alkyl carbamates (subject to hydrolysis) is 1. The lowest BCUT2D eigenvalue weighted by atomic mass is 9.82. The first-order valence-corrected chi connectivity index (χ1v) is 10.8. The van der Waals surface area contributed by atoms with Crippen molar-refractivity contribution in [1.29, 1.82) is 0 Å². The van der Waals surface area contributed by atoms with E-state index in [1.54, 1.807) is 41.5 Å². The molecule has 0 spiro atoms. The fourth-order valence-electron chi connectivity index (χ4n) is 3.33. The van der Waals surface area contributed by atoms with Crippen molar-refractivity contribution in [3.8, 4) is 0 Å². The van der Waals surface area contributed by atoms with Crippen LogP contribution < -0.4 is 10.6 Å². The molecule has 1 aromatic rings. The van der Waals surface area contributed by atoms with Gasteiger partial charge in [0.05, 0.1) is 11.5 Å².